The zero-order chi connectivity index (χ0) is 13.3. The highest BCUT2D eigenvalue weighted by atomic mass is 79.9. The molecule has 0 radical (unpaired) electrons. The molecular weight excluding hydrogens is 304 g/mol. The molecule has 0 aromatic carbocycles. The van der Waals surface area contributed by atoms with Crippen molar-refractivity contribution in [3.8, 4) is 0 Å². The van der Waals surface area contributed by atoms with E-state index >= 15 is 0 Å². The van der Waals surface area contributed by atoms with Crippen molar-refractivity contribution < 1.29 is 0 Å². The number of rotatable bonds is 3. The van der Waals surface area contributed by atoms with Crippen LogP contribution in [0.25, 0.3) is 11.2 Å². The molecule has 0 amide bonds. The summed E-state index contributed by atoms with van der Waals surface area (Å²) < 4.78 is 0.991. The lowest BCUT2D eigenvalue weighted by molar-refractivity contribution is 0.273. The van der Waals surface area contributed by atoms with Gasteiger partial charge in [0.25, 0.3) is 0 Å². The van der Waals surface area contributed by atoms with Crippen LogP contribution in [0.4, 0.5) is 0 Å². The summed E-state index contributed by atoms with van der Waals surface area (Å²) in [5, 5.41) is 3.45. The van der Waals surface area contributed by atoms with Crippen LogP contribution in [-0.2, 0) is 5.41 Å². The number of nitrogens with one attached hydrogen (secondary N) is 2. The summed E-state index contributed by atoms with van der Waals surface area (Å²) >= 11 is 3.46. The first kappa shape index (κ1) is 13.1. The number of imidazole rings is 1. The number of pyridine rings is 1. The highest BCUT2D eigenvalue weighted by Gasteiger charge is 2.35. The first-order chi connectivity index (χ1) is 9.23. The van der Waals surface area contributed by atoms with Crippen LogP contribution in [0.5, 0.6) is 0 Å². The average molecular weight is 323 g/mol. The molecule has 1 aliphatic rings. The Kier molecular flexibility index (Phi) is 3.58. The molecule has 2 aromatic rings. The lowest BCUT2D eigenvalue weighted by atomic mass is 9.75. The summed E-state index contributed by atoms with van der Waals surface area (Å²) in [7, 11) is 0. The molecule has 102 valence electrons. The van der Waals surface area contributed by atoms with Crippen LogP contribution in [0.2, 0.25) is 0 Å². The van der Waals surface area contributed by atoms with Crippen molar-refractivity contribution in [2.75, 3.05) is 13.1 Å². The van der Waals surface area contributed by atoms with Gasteiger partial charge < -0.3 is 10.3 Å². The van der Waals surface area contributed by atoms with Crippen molar-refractivity contribution in [2.24, 2.45) is 0 Å². The number of nitrogens with zero attached hydrogens (tertiary/aromatic N) is 2. The fourth-order valence-corrected chi connectivity index (χ4v) is 3.45. The van der Waals surface area contributed by atoms with E-state index in [1.165, 1.54) is 12.8 Å². The van der Waals surface area contributed by atoms with Crippen molar-refractivity contribution in [3.05, 3.63) is 22.6 Å². The van der Waals surface area contributed by atoms with Crippen LogP contribution in [0.1, 0.15) is 38.4 Å². The molecule has 5 heteroatoms. The Bertz CT molecular complexity index is 566. The van der Waals surface area contributed by atoms with E-state index in [2.05, 4.69) is 44.2 Å². The van der Waals surface area contributed by atoms with E-state index in [0.29, 0.717) is 0 Å². The topological polar surface area (TPSA) is 53.6 Å². The van der Waals surface area contributed by atoms with Gasteiger partial charge in [-0.05, 0) is 54.3 Å². The quantitative estimate of drug-likeness (QED) is 0.912. The van der Waals surface area contributed by atoms with Gasteiger partial charge in [0.15, 0.2) is 5.65 Å². The number of halogens is 1. The Labute approximate surface area is 121 Å². The van der Waals surface area contributed by atoms with Crippen molar-refractivity contribution in [1.29, 1.82) is 0 Å². The minimum atomic E-state index is 0.202. The molecular formula is C14H19BrN4. The molecule has 1 fully saturated rings. The number of fused-ring (bicyclic) bond motifs is 1. The van der Waals surface area contributed by atoms with Gasteiger partial charge in [-0.3, -0.25) is 0 Å². The fraction of sp³-hybridized carbons (Fsp3) is 0.571. The summed E-state index contributed by atoms with van der Waals surface area (Å²) in [5.41, 5.74) is 2.05. The van der Waals surface area contributed by atoms with Gasteiger partial charge in [0.2, 0.25) is 0 Å². The van der Waals surface area contributed by atoms with Crippen molar-refractivity contribution in [2.45, 2.75) is 38.0 Å². The van der Waals surface area contributed by atoms with Gasteiger partial charge in [0, 0.05) is 16.1 Å². The maximum atomic E-state index is 4.75. The number of H-pyrrole nitrogens is 1. The van der Waals surface area contributed by atoms with E-state index in [4.69, 9.17) is 4.98 Å². The van der Waals surface area contributed by atoms with Gasteiger partial charge >= 0.3 is 0 Å². The van der Waals surface area contributed by atoms with Gasteiger partial charge in [-0.25, -0.2) is 9.97 Å². The molecule has 0 bridgehead atoms. The van der Waals surface area contributed by atoms with Crippen LogP contribution >= 0.6 is 15.9 Å². The minimum Gasteiger partial charge on any atom is -0.340 e. The molecule has 0 aliphatic carbocycles. The summed E-state index contributed by atoms with van der Waals surface area (Å²) in [6.07, 6.45) is 6.50. The van der Waals surface area contributed by atoms with Gasteiger partial charge in [-0.2, -0.15) is 0 Å². The van der Waals surface area contributed by atoms with Gasteiger partial charge in [0.05, 0.1) is 5.52 Å². The number of aromatic nitrogens is 3. The zero-order valence-electron chi connectivity index (χ0n) is 11.2. The SMILES string of the molecule is CCCC1(c2nc3ncc(Br)cc3[nH]2)CCNCC1. The molecule has 19 heavy (non-hydrogen) atoms. The summed E-state index contributed by atoms with van der Waals surface area (Å²) in [4.78, 5) is 12.6. The second kappa shape index (κ2) is 5.21. The Morgan fingerprint density at radius 2 is 2.16 bits per heavy atom. The molecule has 0 atom stereocenters. The first-order valence-corrected chi connectivity index (χ1v) is 7.75. The predicted molar refractivity (Wildman–Crippen MR) is 80.3 cm³/mol. The molecule has 0 spiro atoms. The second-order valence-corrected chi connectivity index (χ2v) is 6.31. The van der Waals surface area contributed by atoms with Gasteiger partial charge in [0.1, 0.15) is 5.82 Å². The summed E-state index contributed by atoms with van der Waals surface area (Å²) in [5.74, 6) is 1.12. The van der Waals surface area contributed by atoms with Crippen molar-refractivity contribution >= 4 is 27.1 Å². The number of hydrogen-bond acceptors (Lipinski definition) is 3. The predicted octanol–water partition coefficient (Wildman–Crippen LogP) is 3.14. The van der Waals surface area contributed by atoms with Gasteiger partial charge in [-0.15, -0.1) is 0 Å². The third kappa shape index (κ3) is 2.41. The highest BCUT2D eigenvalue weighted by Crippen LogP contribution is 2.37. The van der Waals surface area contributed by atoms with Crippen LogP contribution in [0.3, 0.4) is 0 Å². The monoisotopic (exact) mass is 322 g/mol. The third-order valence-electron chi connectivity index (χ3n) is 4.10. The maximum Gasteiger partial charge on any atom is 0.177 e. The van der Waals surface area contributed by atoms with E-state index in [0.717, 1.165) is 47.4 Å². The van der Waals surface area contributed by atoms with E-state index in [9.17, 15) is 0 Å². The van der Waals surface area contributed by atoms with E-state index in [1.54, 1.807) is 0 Å². The molecule has 0 saturated carbocycles. The second-order valence-electron chi connectivity index (χ2n) is 5.39. The molecule has 2 aromatic heterocycles. The molecule has 1 aliphatic heterocycles. The van der Waals surface area contributed by atoms with E-state index in [1.807, 2.05) is 6.20 Å². The molecule has 1 saturated heterocycles. The zero-order valence-corrected chi connectivity index (χ0v) is 12.8. The van der Waals surface area contributed by atoms with Crippen LogP contribution in [0, 0.1) is 0 Å². The Morgan fingerprint density at radius 3 is 2.89 bits per heavy atom. The van der Waals surface area contributed by atoms with E-state index < -0.39 is 0 Å². The number of hydrogen-bond donors (Lipinski definition) is 2. The normalized spacial score (nSPS) is 18.8. The standard InChI is InChI=1S/C14H19BrN4/c1-2-3-14(4-6-16-7-5-14)13-18-11-8-10(15)9-17-12(11)19-13/h8-9,16H,2-7H2,1H3,(H,17,18,19). The lowest BCUT2D eigenvalue weighted by Crippen LogP contribution is -2.40. The highest BCUT2D eigenvalue weighted by molar-refractivity contribution is 9.10. The first-order valence-electron chi connectivity index (χ1n) is 6.96. The summed E-state index contributed by atoms with van der Waals surface area (Å²) in [6, 6.07) is 2.06. The van der Waals surface area contributed by atoms with Crippen LogP contribution in [0.15, 0.2) is 16.7 Å². The number of aromatic amines is 1. The Hall–Kier alpha value is -0.940. The average Bonchev–Trinajstić information content (AvgIpc) is 2.83. The summed E-state index contributed by atoms with van der Waals surface area (Å²) in [6.45, 7) is 4.41. The number of piperidine rings is 1. The maximum absolute atomic E-state index is 4.75. The molecule has 2 N–H and O–H groups in total. The Morgan fingerprint density at radius 1 is 1.37 bits per heavy atom. The smallest absolute Gasteiger partial charge is 0.177 e. The molecule has 0 unspecified atom stereocenters. The van der Waals surface area contributed by atoms with Crippen LogP contribution in [-0.4, -0.2) is 28.0 Å². The fourth-order valence-electron chi connectivity index (χ4n) is 3.11. The third-order valence-corrected chi connectivity index (χ3v) is 4.53. The van der Waals surface area contributed by atoms with Crippen LogP contribution < -0.4 is 5.32 Å². The molecule has 3 heterocycles. The largest absolute Gasteiger partial charge is 0.340 e. The van der Waals surface area contributed by atoms with E-state index in [-0.39, 0.29) is 5.41 Å². The van der Waals surface area contributed by atoms with Crippen molar-refractivity contribution in [1.82, 2.24) is 20.3 Å². The Balaban J connectivity index is 2.04. The molecule has 3 rings (SSSR count). The molecule has 4 nitrogen and oxygen atoms in total. The lowest BCUT2D eigenvalue weighted by Gasteiger charge is -2.35. The van der Waals surface area contributed by atoms with Gasteiger partial charge in [-0.1, -0.05) is 13.3 Å². The minimum absolute atomic E-state index is 0.202. The van der Waals surface area contributed by atoms with Crippen molar-refractivity contribution in [3.63, 3.8) is 0 Å².